The molecule has 0 aliphatic heterocycles. The molecule has 0 aliphatic carbocycles. The Morgan fingerprint density at radius 1 is 0.742 bits per heavy atom. The second-order valence-electron chi connectivity index (χ2n) is 6.92. The molecule has 0 unspecified atom stereocenters. The Balaban J connectivity index is 1.58. The minimum absolute atomic E-state index is 0.920. The predicted molar refractivity (Wildman–Crippen MR) is 129 cm³/mol. The average Bonchev–Trinajstić information content (AvgIpc) is 3.51. The SMILES string of the molecule is C(=N/N(c1ccccc1)c1ccccc1)/c1cn(-c2ccccc2)nc1-c1cccs1. The Bertz CT molecular complexity index is 1220. The van der Waals surface area contributed by atoms with Crippen molar-refractivity contribution in [3.8, 4) is 16.3 Å². The monoisotopic (exact) mass is 420 g/mol. The molecule has 3 aromatic carbocycles. The van der Waals surface area contributed by atoms with Crippen LogP contribution in [0.3, 0.4) is 0 Å². The number of thiophene rings is 1. The van der Waals surface area contributed by atoms with Gasteiger partial charge in [-0.15, -0.1) is 11.3 Å². The Labute approximate surface area is 185 Å². The van der Waals surface area contributed by atoms with Crippen LogP contribution in [0.4, 0.5) is 11.4 Å². The number of hydrogen-bond acceptors (Lipinski definition) is 4. The second-order valence-corrected chi connectivity index (χ2v) is 7.87. The van der Waals surface area contributed by atoms with Gasteiger partial charge in [-0.1, -0.05) is 60.7 Å². The van der Waals surface area contributed by atoms with Gasteiger partial charge in [-0.05, 0) is 47.8 Å². The highest BCUT2D eigenvalue weighted by Crippen LogP contribution is 2.28. The molecular formula is C26H20N4S. The normalized spacial score (nSPS) is 11.1. The third kappa shape index (κ3) is 4.17. The zero-order valence-corrected chi connectivity index (χ0v) is 17.6. The van der Waals surface area contributed by atoms with Crippen LogP contribution in [0.15, 0.2) is 120 Å². The number of nitrogens with zero attached hydrogens (tertiary/aromatic N) is 4. The largest absolute Gasteiger partial charge is 0.240 e. The van der Waals surface area contributed by atoms with Gasteiger partial charge < -0.3 is 0 Å². The van der Waals surface area contributed by atoms with Crippen LogP contribution in [0.25, 0.3) is 16.3 Å². The average molecular weight is 421 g/mol. The van der Waals surface area contributed by atoms with Crippen LogP contribution in [0, 0.1) is 0 Å². The van der Waals surface area contributed by atoms with E-state index in [2.05, 4.69) is 35.7 Å². The third-order valence-corrected chi connectivity index (χ3v) is 5.71. The number of aromatic nitrogens is 2. The van der Waals surface area contributed by atoms with Gasteiger partial charge in [0.2, 0.25) is 0 Å². The highest BCUT2D eigenvalue weighted by atomic mass is 32.1. The molecule has 2 heterocycles. The maximum atomic E-state index is 4.87. The Hall–Kier alpha value is -3.96. The lowest BCUT2D eigenvalue weighted by Gasteiger charge is -2.19. The molecule has 31 heavy (non-hydrogen) atoms. The van der Waals surface area contributed by atoms with E-state index in [1.807, 2.05) is 94.9 Å². The van der Waals surface area contributed by atoms with Crippen LogP contribution >= 0.6 is 11.3 Å². The number of rotatable bonds is 6. The van der Waals surface area contributed by atoms with Gasteiger partial charge in [0.25, 0.3) is 0 Å². The standard InChI is InChI=1S/C26H20N4S/c1-4-11-22(12-5-1)29-20-21(26(28-29)25-17-10-18-31-25)19-27-30(23-13-6-2-7-14-23)24-15-8-3-9-16-24/h1-20H/b27-19-. The summed E-state index contributed by atoms with van der Waals surface area (Å²) in [5.74, 6) is 0. The lowest BCUT2D eigenvalue weighted by molar-refractivity contribution is 0.885. The van der Waals surface area contributed by atoms with E-state index in [4.69, 9.17) is 10.2 Å². The van der Waals surface area contributed by atoms with Gasteiger partial charge in [-0.2, -0.15) is 10.2 Å². The summed E-state index contributed by atoms with van der Waals surface area (Å²) in [5, 5.41) is 13.7. The van der Waals surface area contributed by atoms with Crippen LogP contribution < -0.4 is 5.01 Å². The van der Waals surface area contributed by atoms with Crippen molar-refractivity contribution in [3.63, 3.8) is 0 Å². The van der Waals surface area contributed by atoms with Crippen molar-refractivity contribution in [1.29, 1.82) is 0 Å². The van der Waals surface area contributed by atoms with Crippen LogP contribution in [0.1, 0.15) is 5.56 Å². The molecule has 0 N–H and O–H groups in total. The molecule has 0 aliphatic rings. The summed E-state index contributed by atoms with van der Waals surface area (Å²) >= 11 is 1.67. The van der Waals surface area contributed by atoms with Crippen molar-refractivity contribution in [2.45, 2.75) is 0 Å². The summed E-state index contributed by atoms with van der Waals surface area (Å²) in [6.45, 7) is 0. The maximum absolute atomic E-state index is 4.87. The lowest BCUT2D eigenvalue weighted by atomic mass is 10.2. The summed E-state index contributed by atoms with van der Waals surface area (Å²) in [5.41, 5.74) is 4.89. The van der Waals surface area contributed by atoms with Gasteiger partial charge in [0.1, 0.15) is 5.69 Å². The Morgan fingerprint density at radius 3 is 1.94 bits per heavy atom. The number of hydrogen-bond donors (Lipinski definition) is 0. The molecule has 0 saturated heterocycles. The van der Waals surface area contributed by atoms with Crippen LogP contribution in [-0.4, -0.2) is 16.0 Å². The molecule has 5 rings (SSSR count). The van der Waals surface area contributed by atoms with Gasteiger partial charge in [0.05, 0.1) is 28.2 Å². The van der Waals surface area contributed by atoms with E-state index in [-0.39, 0.29) is 0 Å². The van der Waals surface area contributed by atoms with Crippen molar-refractivity contribution < 1.29 is 0 Å². The van der Waals surface area contributed by atoms with Crippen LogP contribution in [-0.2, 0) is 0 Å². The third-order valence-electron chi connectivity index (χ3n) is 4.83. The quantitative estimate of drug-likeness (QED) is 0.224. The van der Waals surface area contributed by atoms with E-state index in [9.17, 15) is 0 Å². The van der Waals surface area contributed by atoms with Gasteiger partial charge >= 0.3 is 0 Å². The first kappa shape index (κ1) is 19.0. The Kier molecular flexibility index (Phi) is 5.41. The number of anilines is 2. The molecule has 2 aromatic heterocycles. The summed E-state index contributed by atoms with van der Waals surface area (Å²) in [7, 11) is 0. The number of benzene rings is 3. The number of para-hydroxylation sites is 3. The highest BCUT2D eigenvalue weighted by Gasteiger charge is 2.13. The van der Waals surface area contributed by atoms with E-state index >= 15 is 0 Å². The summed E-state index contributed by atoms with van der Waals surface area (Å²) in [6.07, 6.45) is 3.92. The molecule has 0 amide bonds. The second kappa shape index (κ2) is 8.81. The first-order valence-corrected chi connectivity index (χ1v) is 10.9. The fourth-order valence-corrected chi connectivity index (χ4v) is 4.07. The molecule has 5 heteroatoms. The van der Waals surface area contributed by atoms with Crippen molar-refractivity contribution in [2.24, 2.45) is 5.10 Å². The molecule has 0 spiro atoms. The highest BCUT2D eigenvalue weighted by molar-refractivity contribution is 7.13. The van der Waals surface area contributed by atoms with Gasteiger partial charge in [0.15, 0.2) is 0 Å². The summed E-state index contributed by atoms with van der Waals surface area (Å²) < 4.78 is 1.91. The summed E-state index contributed by atoms with van der Waals surface area (Å²) in [6, 6.07) is 34.6. The molecule has 4 nitrogen and oxygen atoms in total. The van der Waals surface area contributed by atoms with Gasteiger partial charge in [-0.25, -0.2) is 9.69 Å². The molecule has 0 fully saturated rings. The van der Waals surface area contributed by atoms with E-state index in [1.54, 1.807) is 11.3 Å². The maximum Gasteiger partial charge on any atom is 0.112 e. The first-order chi connectivity index (χ1) is 15.4. The van der Waals surface area contributed by atoms with Gasteiger partial charge in [-0.3, -0.25) is 0 Å². The van der Waals surface area contributed by atoms with Gasteiger partial charge in [0, 0.05) is 11.8 Å². The number of hydrazone groups is 1. The molecule has 5 aromatic rings. The smallest absolute Gasteiger partial charge is 0.112 e. The van der Waals surface area contributed by atoms with E-state index in [0.29, 0.717) is 0 Å². The fourth-order valence-electron chi connectivity index (χ4n) is 3.34. The molecular weight excluding hydrogens is 400 g/mol. The fraction of sp³-hybridized carbons (Fsp3) is 0. The van der Waals surface area contributed by atoms with E-state index < -0.39 is 0 Å². The zero-order valence-electron chi connectivity index (χ0n) is 16.7. The van der Waals surface area contributed by atoms with Crippen LogP contribution in [0.2, 0.25) is 0 Å². The summed E-state index contributed by atoms with van der Waals surface area (Å²) in [4.78, 5) is 1.11. The molecule has 0 radical (unpaired) electrons. The Morgan fingerprint density at radius 2 is 1.35 bits per heavy atom. The minimum Gasteiger partial charge on any atom is -0.240 e. The van der Waals surface area contributed by atoms with Crippen LogP contribution in [0.5, 0.6) is 0 Å². The first-order valence-electron chi connectivity index (χ1n) is 10.0. The molecule has 150 valence electrons. The molecule has 0 bridgehead atoms. The topological polar surface area (TPSA) is 33.4 Å². The van der Waals surface area contributed by atoms with E-state index in [1.165, 1.54) is 0 Å². The van der Waals surface area contributed by atoms with Crippen molar-refractivity contribution in [1.82, 2.24) is 9.78 Å². The minimum atomic E-state index is 0.920. The zero-order chi connectivity index (χ0) is 20.9. The molecule has 0 saturated carbocycles. The van der Waals surface area contributed by atoms with Crippen molar-refractivity contribution in [3.05, 3.63) is 120 Å². The van der Waals surface area contributed by atoms with Crippen molar-refractivity contribution >= 4 is 28.9 Å². The molecule has 0 atom stereocenters. The lowest BCUT2D eigenvalue weighted by Crippen LogP contribution is -2.09. The van der Waals surface area contributed by atoms with Crippen molar-refractivity contribution in [2.75, 3.05) is 5.01 Å². The van der Waals surface area contributed by atoms with E-state index in [0.717, 1.165) is 33.2 Å². The predicted octanol–water partition coefficient (Wildman–Crippen LogP) is 6.77.